The molecule has 1 aromatic rings. The molecule has 0 saturated carbocycles. The number of likely N-dealkylation sites (tertiary alicyclic amines) is 1. The minimum Gasteiger partial charge on any atom is -0.370 e. The van der Waals surface area contributed by atoms with E-state index in [2.05, 4.69) is 29.3 Å². The summed E-state index contributed by atoms with van der Waals surface area (Å²) in [5.41, 5.74) is 1.14. The zero-order chi connectivity index (χ0) is 16.8. The summed E-state index contributed by atoms with van der Waals surface area (Å²) in [5.74, 6) is 0.239. The monoisotopic (exact) mass is 317 g/mol. The first-order chi connectivity index (χ1) is 11.0. The van der Waals surface area contributed by atoms with Crippen LogP contribution < -0.4 is 10.2 Å². The molecule has 1 saturated heterocycles. The van der Waals surface area contributed by atoms with Gasteiger partial charge >= 0.3 is 0 Å². The Hall–Kier alpha value is -2.04. The van der Waals surface area contributed by atoms with Crippen LogP contribution in [-0.4, -0.2) is 49.4 Å². The summed E-state index contributed by atoms with van der Waals surface area (Å²) in [7, 11) is 2.04. The van der Waals surface area contributed by atoms with Gasteiger partial charge in [-0.25, -0.2) is 0 Å². The van der Waals surface area contributed by atoms with Crippen LogP contribution in [-0.2, 0) is 9.59 Å². The molecule has 2 amide bonds. The van der Waals surface area contributed by atoms with Crippen molar-refractivity contribution < 1.29 is 9.59 Å². The van der Waals surface area contributed by atoms with E-state index >= 15 is 0 Å². The molecule has 0 aromatic heterocycles. The van der Waals surface area contributed by atoms with Gasteiger partial charge in [0.15, 0.2) is 0 Å². The average molecular weight is 317 g/mol. The second-order valence-electron chi connectivity index (χ2n) is 6.32. The number of anilines is 1. The van der Waals surface area contributed by atoms with E-state index in [0.717, 1.165) is 18.5 Å². The summed E-state index contributed by atoms with van der Waals surface area (Å²) in [5, 5.41) is 3.06. The van der Waals surface area contributed by atoms with Crippen molar-refractivity contribution >= 4 is 17.5 Å². The van der Waals surface area contributed by atoms with Gasteiger partial charge in [0.1, 0.15) is 0 Å². The Morgan fingerprint density at radius 1 is 1.26 bits per heavy atom. The van der Waals surface area contributed by atoms with Crippen molar-refractivity contribution in [2.24, 2.45) is 5.92 Å². The number of rotatable bonds is 5. The number of para-hydroxylation sites is 1. The molecule has 1 aliphatic heterocycles. The molecule has 0 spiro atoms. The van der Waals surface area contributed by atoms with Crippen molar-refractivity contribution in [2.75, 3.05) is 31.6 Å². The maximum Gasteiger partial charge on any atom is 0.223 e. The largest absolute Gasteiger partial charge is 0.370 e. The fourth-order valence-electron chi connectivity index (χ4n) is 2.90. The fraction of sp³-hybridized carbons (Fsp3) is 0.556. The van der Waals surface area contributed by atoms with Crippen LogP contribution in [0.3, 0.4) is 0 Å². The third kappa shape index (κ3) is 4.71. The van der Waals surface area contributed by atoms with Gasteiger partial charge in [-0.15, -0.1) is 0 Å². The highest BCUT2D eigenvalue weighted by Crippen LogP contribution is 2.18. The van der Waals surface area contributed by atoms with Crippen molar-refractivity contribution in [1.82, 2.24) is 10.2 Å². The SMILES string of the molecule is CC(=O)N1CCC(C(=O)NC[C@H](C)N(C)c2ccccc2)CC1. The molecule has 126 valence electrons. The number of amides is 2. The summed E-state index contributed by atoms with van der Waals surface area (Å²) in [4.78, 5) is 27.6. The molecule has 0 unspecified atom stereocenters. The minimum atomic E-state index is 0.0276. The Morgan fingerprint density at radius 3 is 2.43 bits per heavy atom. The van der Waals surface area contributed by atoms with E-state index in [1.807, 2.05) is 30.1 Å². The minimum absolute atomic E-state index is 0.0276. The maximum atomic E-state index is 12.3. The van der Waals surface area contributed by atoms with Gasteiger partial charge in [0.05, 0.1) is 0 Å². The van der Waals surface area contributed by atoms with Crippen LogP contribution in [0.1, 0.15) is 26.7 Å². The number of likely N-dealkylation sites (N-methyl/N-ethyl adjacent to an activating group) is 1. The average Bonchev–Trinajstić information content (AvgIpc) is 2.59. The molecule has 5 nitrogen and oxygen atoms in total. The number of hydrogen-bond acceptors (Lipinski definition) is 3. The van der Waals surface area contributed by atoms with E-state index in [0.29, 0.717) is 19.6 Å². The third-order valence-corrected chi connectivity index (χ3v) is 4.71. The van der Waals surface area contributed by atoms with Gasteiger partial charge in [-0.2, -0.15) is 0 Å². The van der Waals surface area contributed by atoms with Crippen LogP contribution in [0.25, 0.3) is 0 Å². The molecule has 0 bridgehead atoms. The smallest absolute Gasteiger partial charge is 0.223 e. The third-order valence-electron chi connectivity index (χ3n) is 4.71. The molecule has 1 atom stereocenters. The highest BCUT2D eigenvalue weighted by Gasteiger charge is 2.26. The number of piperidine rings is 1. The maximum absolute atomic E-state index is 12.3. The number of nitrogens with zero attached hydrogens (tertiary/aromatic N) is 2. The number of carbonyl (C=O) groups excluding carboxylic acids is 2. The Labute approximate surface area is 138 Å². The van der Waals surface area contributed by atoms with Crippen LogP contribution in [0, 0.1) is 5.92 Å². The van der Waals surface area contributed by atoms with E-state index in [1.54, 1.807) is 6.92 Å². The lowest BCUT2D eigenvalue weighted by atomic mass is 9.96. The van der Waals surface area contributed by atoms with Gasteiger partial charge in [0.25, 0.3) is 0 Å². The molecule has 1 aromatic carbocycles. The lowest BCUT2D eigenvalue weighted by Gasteiger charge is -2.31. The van der Waals surface area contributed by atoms with Crippen LogP contribution >= 0.6 is 0 Å². The fourth-order valence-corrected chi connectivity index (χ4v) is 2.90. The number of carbonyl (C=O) groups is 2. The van der Waals surface area contributed by atoms with Gasteiger partial charge in [-0.1, -0.05) is 18.2 Å². The summed E-state index contributed by atoms with van der Waals surface area (Å²) >= 11 is 0. The first kappa shape index (κ1) is 17.3. The number of hydrogen-bond donors (Lipinski definition) is 1. The van der Waals surface area contributed by atoms with Crippen molar-refractivity contribution in [3.63, 3.8) is 0 Å². The van der Waals surface area contributed by atoms with E-state index in [9.17, 15) is 9.59 Å². The lowest BCUT2D eigenvalue weighted by molar-refractivity contribution is -0.133. The number of nitrogens with one attached hydrogen (secondary N) is 1. The summed E-state index contributed by atoms with van der Waals surface area (Å²) in [6, 6.07) is 10.4. The second kappa shape index (κ2) is 7.99. The molecule has 1 fully saturated rings. The van der Waals surface area contributed by atoms with Gasteiger partial charge in [0.2, 0.25) is 11.8 Å². The van der Waals surface area contributed by atoms with Crippen molar-refractivity contribution in [3.8, 4) is 0 Å². The highest BCUT2D eigenvalue weighted by atomic mass is 16.2. The standard InChI is InChI=1S/C18H27N3O2/c1-14(20(3)17-7-5-4-6-8-17)13-19-18(23)16-9-11-21(12-10-16)15(2)22/h4-8,14,16H,9-13H2,1-3H3,(H,19,23)/t14-/m0/s1. The first-order valence-corrected chi connectivity index (χ1v) is 8.30. The summed E-state index contributed by atoms with van der Waals surface area (Å²) < 4.78 is 0. The van der Waals surface area contributed by atoms with Crippen LogP contribution in [0.2, 0.25) is 0 Å². The second-order valence-corrected chi connectivity index (χ2v) is 6.32. The normalized spacial score (nSPS) is 16.7. The quantitative estimate of drug-likeness (QED) is 0.902. The Bertz CT molecular complexity index is 524. The molecular formula is C18H27N3O2. The van der Waals surface area contributed by atoms with Crippen molar-refractivity contribution in [3.05, 3.63) is 30.3 Å². The Morgan fingerprint density at radius 2 is 1.87 bits per heavy atom. The number of benzene rings is 1. The summed E-state index contributed by atoms with van der Waals surface area (Å²) in [6.07, 6.45) is 1.52. The molecule has 0 radical (unpaired) electrons. The Kier molecular flexibility index (Phi) is 6.02. The molecule has 0 aliphatic carbocycles. The van der Waals surface area contributed by atoms with Crippen molar-refractivity contribution in [1.29, 1.82) is 0 Å². The van der Waals surface area contributed by atoms with Gasteiger partial charge < -0.3 is 15.1 Å². The highest BCUT2D eigenvalue weighted by molar-refractivity contribution is 5.79. The van der Waals surface area contributed by atoms with Gasteiger partial charge in [-0.3, -0.25) is 9.59 Å². The van der Waals surface area contributed by atoms with Crippen LogP contribution in [0.5, 0.6) is 0 Å². The first-order valence-electron chi connectivity index (χ1n) is 8.30. The predicted octanol–water partition coefficient (Wildman–Crippen LogP) is 1.89. The Balaban J connectivity index is 1.77. The van der Waals surface area contributed by atoms with Crippen molar-refractivity contribution in [2.45, 2.75) is 32.7 Å². The molecule has 23 heavy (non-hydrogen) atoms. The van der Waals surface area contributed by atoms with E-state index in [-0.39, 0.29) is 23.8 Å². The zero-order valence-electron chi connectivity index (χ0n) is 14.3. The molecule has 1 N–H and O–H groups in total. The van der Waals surface area contributed by atoms with E-state index in [1.165, 1.54) is 0 Å². The van der Waals surface area contributed by atoms with E-state index < -0.39 is 0 Å². The molecule has 5 heteroatoms. The molecule has 1 heterocycles. The zero-order valence-corrected chi connectivity index (χ0v) is 14.3. The van der Waals surface area contributed by atoms with Gasteiger partial charge in [0, 0.05) is 51.3 Å². The molecular weight excluding hydrogens is 290 g/mol. The topological polar surface area (TPSA) is 52.7 Å². The van der Waals surface area contributed by atoms with Gasteiger partial charge in [-0.05, 0) is 31.9 Å². The lowest BCUT2D eigenvalue weighted by Crippen LogP contribution is -2.45. The van der Waals surface area contributed by atoms with Crippen LogP contribution in [0.4, 0.5) is 5.69 Å². The van der Waals surface area contributed by atoms with E-state index in [4.69, 9.17) is 0 Å². The predicted molar refractivity (Wildman–Crippen MR) is 92.3 cm³/mol. The summed E-state index contributed by atoms with van der Waals surface area (Å²) in [6.45, 7) is 5.68. The van der Waals surface area contributed by atoms with Crippen LogP contribution in [0.15, 0.2) is 30.3 Å². The molecule has 2 rings (SSSR count). The molecule has 1 aliphatic rings.